The maximum atomic E-state index is 12.0. The summed E-state index contributed by atoms with van der Waals surface area (Å²) < 4.78 is 5.54. The summed E-state index contributed by atoms with van der Waals surface area (Å²) in [6.45, 7) is 3.81. The molecule has 0 fully saturated rings. The smallest absolute Gasteiger partial charge is 0.276 e. The number of rotatable bonds is 6. The highest BCUT2D eigenvalue weighted by molar-refractivity contribution is 7.80. The minimum absolute atomic E-state index is 0.131. The number of hydrogen-bond acceptors (Lipinski definition) is 6. The van der Waals surface area contributed by atoms with E-state index in [1.807, 2.05) is 32.0 Å². The second-order valence-electron chi connectivity index (χ2n) is 6.24. The van der Waals surface area contributed by atoms with Gasteiger partial charge in [-0.05, 0) is 41.9 Å². The molecule has 0 unspecified atom stereocenters. The summed E-state index contributed by atoms with van der Waals surface area (Å²) in [6, 6.07) is 12.4. The molecule has 0 saturated heterocycles. The minimum Gasteiger partial charge on any atom is -0.483 e. The molecule has 29 heavy (non-hydrogen) atoms. The molecule has 0 aliphatic carbocycles. The van der Waals surface area contributed by atoms with Crippen LogP contribution in [0.1, 0.15) is 35.7 Å². The lowest BCUT2D eigenvalue weighted by Crippen LogP contribution is -2.49. The van der Waals surface area contributed by atoms with Crippen molar-refractivity contribution >= 4 is 34.8 Å². The standard InChI is InChI=1S/C19H20N4O5S/c1-12(2)15-5-3-4-6-16(15)28-11-17(24)21-22-19(29)20-18(25)13-7-9-14(10-8-13)23(26)27/h3-10,12H,11H2,1-2H3,(H,21,24)(H2,20,22,25,29). The average molecular weight is 416 g/mol. The zero-order valence-electron chi connectivity index (χ0n) is 15.8. The zero-order valence-corrected chi connectivity index (χ0v) is 16.6. The van der Waals surface area contributed by atoms with Gasteiger partial charge in [0.2, 0.25) is 0 Å². The molecule has 2 aromatic carbocycles. The average Bonchev–Trinajstić information content (AvgIpc) is 2.70. The summed E-state index contributed by atoms with van der Waals surface area (Å²) in [7, 11) is 0. The van der Waals surface area contributed by atoms with Crippen LogP contribution in [0.3, 0.4) is 0 Å². The van der Waals surface area contributed by atoms with E-state index in [0.29, 0.717) is 5.75 Å². The number of thiocarbonyl (C=S) groups is 1. The normalized spacial score (nSPS) is 10.2. The van der Waals surface area contributed by atoms with E-state index < -0.39 is 16.7 Å². The second kappa shape index (κ2) is 10.1. The highest BCUT2D eigenvalue weighted by Crippen LogP contribution is 2.25. The summed E-state index contributed by atoms with van der Waals surface area (Å²) in [5.74, 6) is -0.203. The molecule has 0 spiro atoms. The van der Waals surface area contributed by atoms with Gasteiger partial charge in [-0.2, -0.15) is 0 Å². The Morgan fingerprint density at radius 2 is 1.76 bits per heavy atom. The fraction of sp³-hybridized carbons (Fsp3) is 0.211. The number of carbonyl (C=O) groups is 2. The van der Waals surface area contributed by atoms with E-state index >= 15 is 0 Å². The Kier molecular flexibility index (Phi) is 7.61. The van der Waals surface area contributed by atoms with Crippen LogP contribution in [-0.4, -0.2) is 28.5 Å². The summed E-state index contributed by atoms with van der Waals surface area (Å²) in [5.41, 5.74) is 5.76. The molecular weight excluding hydrogens is 396 g/mol. The lowest BCUT2D eigenvalue weighted by atomic mass is 10.0. The van der Waals surface area contributed by atoms with E-state index in [-0.39, 0.29) is 28.9 Å². The van der Waals surface area contributed by atoms with Gasteiger partial charge >= 0.3 is 0 Å². The zero-order chi connectivity index (χ0) is 21.4. The van der Waals surface area contributed by atoms with Crippen LogP contribution >= 0.6 is 12.2 Å². The first-order valence-corrected chi connectivity index (χ1v) is 9.05. The van der Waals surface area contributed by atoms with Crippen molar-refractivity contribution < 1.29 is 19.2 Å². The van der Waals surface area contributed by atoms with Gasteiger partial charge in [-0.1, -0.05) is 32.0 Å². The van der Waals surface area contributed by atoms with Crippen LogP contribution in [0.5, 0.6) is 5.75 Å². The Labute approximate surface area is 172 Å². The van der Waals surface area contributed by atoms with Crippen LogP contribution in [-0.2, 0) is 4.79 Å². The molecule has 2 rings (SSSR count). The van der Waals surface area contributed by atoms with E-state index in [9.17, 15) is 19.7 Å². The van der Waals surface area contributed by atoms with E-state index in [1.165, 1.54) is 24.3 Å². The Morgan fingerprint density at radius 3 is 2.38 bits per heavy atom. The number of ether oxygens (including phenoxy) is 1. The molecule has 10 heteroatoms. The number of para-hydroxylation sites is 1. The number of benzene rings is 2. The first kappa shape index (κ1) is 21.8. The lowest BCUT2D eigenvalue weighted by molar-refractivity contribution is -0.384. The van der Waals surface area contributed by atoms with Gasteiger partial charge in [0.15, 0.2) is 11.7 Å². The van der Waals surface area contributed by atoms with Gasteiger partial charge < -0.3 is 4.74 Å². The number of non-ortho nitro benzene ring substituents is 1. The largest absolute Gasteiger partial charge is 0.483 e. The number of carbonyl (C=O) groups excluding carboxylic acids is 2. The van der Waals surface area contributed by atoms with Crippen LogP contribution in [0, 0.1) is 10.1 Å². The van der Waals surface area contributed by atoms with Crippen molar-refractivity contribution in [3.05, 3.63) is 69.8 Å². The summed E-state index contributed by atoms with van der Waals surface area (Å²) >= 11 is 4.94. The monoisotopic (exact) mass is 416 g/mol. The molecule has 0 bridgehead atoms. The molecule has 3 N–H and O–H groups in total. The third kappa shape index (κ3) is 6.54. The Hall–Kier alpha value is -3.53. The molecule has 0 aliphatic heterocycles. The maximum Gasteiger partial charge on any atom is 0.276 e. The molecule has 0 heterocycles. The lowest BCUT2D eigenvalue weighted by Gasteiger charge is -2.14. The van der Waals surface area contributed by atoms with Crippen LogP contribution in [0.15, 0.2) is 48.5 Å². The highest BCUT2D eigenvalue weighted by atomic mass is 32.1. The van der Waals surface area contributed by atoms with Crippen molar-refractivity contribution in [2.45, 2.75) is 19.8 Å². The first-order valence-electron chi connectivity index (χ1n) is 8.64. The molecular formula is C19H20N4O5S. The molecule has 0 aromatic heterocycles. The van der Waals surface area contributed by atoms with Gasteiger partial charge in [-0.25, -0.2) is 0 Å². The van der Waals surface area contributed by atoms with Crippen LogP contribution < -0.4 is 20.9 Å². The van der Waals surface area contributed by atoms with Gasteiger partial charge in [0, 0.05) is 17.7 Å². The van der Waals surface area contributed by atoms with Crippen molar-refractivity contribution in [2.75, 3.05) is 6.61 Å². The van der Waals surface area contributed by atoms with Gasteiger partial charge in [0.1, 0.15) is 5.75 Å². The number of nitro groups is 1. The van der Waals surface area contributed by atoms with E-state index in [0.717, 1.165) is 5.56 Å². The predicted octanol–water partition coefficient (Wildman–Crippen LogP) is 2.43. The van der Waals surface area contributed by atoms with E-state index in [2.05, 4.69) is 16.2 Å². The Balaban J connectivity index is 1.79. The quantitative estimate of drug-likeness (QED) is 0.375. The number of nitrogens with one attached hydrogen (secondary N) is 3. The fourth-order valence-electron chi connectivity index (χ4n) is 2.34. The van der Waals surface area contributed by atoms with Crippen molar-refractivity contribution in [1.29, 1.82) is 0 Å². The SMILES string of the molecule is CC(C)c1ccccc1OCC(=O)NNC(=S)NC(=O)c1ccc([N+](=O)[O-])cc1. The molecule has 0 atom stereocenters. The molecule has 0 saturated carbocycles. The van der Waals surface area contributed by atoms with Crippen molar-refractivity contribution in [3.8, 4) is 5.75 Å². The molecule has 0 radical (unpaired) electrons. The van der Waals surface area contributed by atoms with Gasteiger partial charge in [-0.3, -0.25) is 35.9 Å². The molecule has 0 aliphatic rings. The van der Waals surface area contributed by atoms with Gasteiger partial charge in [0.25, 0.3) is 17.5 Å². The third-order valence-corrected chi connectivity index (χ3v) is 3.99. The summed E-state index contributed by atoms with van der Waals surface area (Å²) in [4.78, 5) is 34.0. The van der Waals surface area contributed by atoms with Crippen molar-refractivity contribution in [3.63, 3.8) is 0 Å². The molecule has 2 aromatic rings. The highest BCUT2D eigenvalue weighted by Gasteiger charge is 2.12. The summed E-state index contributed by atoms with van der Waals surface area (Å²) in [5, 5.41) is 12.8. The number of hydrazine groups is 1. The Morgan fingerprint density at radius 1 is 1.10 bits per heavy atom. The van der Waals surface area contributed by atoms with Gasteiger partial charge in [-0.15, -0.1) is 0 Å². The fourth-order valence-corrected chi connectivity index (χ4v) is 2.48. The van der Waals surface area contributed by atoms with Crippen LogP contribution in [0.2, 0.25) is 0 Å². The van der Waals surface area contributed by atoms with Crippen LogP contribution in [0.4, 0.5) is 5.69 Å². The number of hydrogen-bond donors (Lipinski definition) is 3. The Bertz CT molecular complexity index is 915. The van der Waals surface area contributed by atoms with E-state index in [4.69, 9.17) is 17.0 Å². The van der Waals surface area contributed by atoms with E-state index in [1.54, 1.807) is 6.07 Å². The maximum absolute atomic E-state index is 12.0. The molecule has 2 amide bonds. The van der Waals surface area contributed by atoms with Gasteiger partial charge in [0.05, 0.1) is 4.92 Å². The summed E-state index contributed by atoms with van der Waals surface area (Å²) in [6.07, 6.45) is 0. The second-order valence-corrected chi connectivity index (χ2v) is 6.65. The number of nitro benzene ring substituents is 1. The van der Waals surface area contributed by atoms with Crippen molar-refractivity contribution in [1.82, 2.24) is 16.2 Å². The molecule has 9 nitrogen and oxygen atoms in total. The third-order valence-electron chi connectivity index (χ3n) is 3.78. The number of nitrogens with zero attached hydrogens (tertiary/aromatic N) is 1. The number of amides is 2. The predicted molar refractivity (Wildman–Crippen MR) is 110 cm³/mol. The van der Waals surface area contributed by atoms with Crippen molar-refractivity contribution in [2.24, 2.45) is 0 Å². The topological polar surface area (TPSA) is 123 Å². The first-order chi connectivity index (χ1) is 13.8. The van der Waals surface area contributed by atoms with Crippen LogP contribution in [0.25, 0.3) is 0 Å². The molecule has 152 valence electrons. The minimum atomic E-state index is -0.575.